The summed E-state index contributed by atoms with van der Waals surface area (Å²) in [6.45, 7) is 1.71. The van der Waals surface area contributed by atoms with Gasteiger partial charge < -0.3 is 4.98 Å². The first-order chi connectivity index (χ1) is 11.1. The van der Waals surface area contributed by atoms with E-state index in [-0.39, 0.29) is 23.3 Å². The Balaban J connectivity index is 1.67. The first-order valence-corrected chi connectivity index (χ1v) is 9.77. The van der Waals surface area contributed by atoms with Crippen molar-refractivity contribution in [3.8, 4) is 0 Å². The van der Waals surface area contributed by atoms with Gasteiger partial charge in [0, 0.05) is 17.9 Å². The molecule has 1 N–H and O–H groups in total. The van der Waals surface area contributed by atoms with Crippen LogP contribution < -0.4 is 0 Å². The molecule has 1 aliphatic carbocycles. The number of fused-ring (bicyclic) bond motifs is 3. The molecule has 0 amide bonds. The van der Waals surface area contributed by atoms with Crippen molar-refractivity contribution in [2.45, 2.75) is 32.1 Å². The number of aromatic nitrogens is 5. The molecule has 0 unspecified atom stereocenters. The molecule has 7 nitrogen and oxygen atoms in total. The molecule has 23 heavy (non-hydrogen) atoms. The second-order valence-corrected chi connectivity index (χ2v) is 8.69. The lowest BCUT2D eigenvalue weighted by atomic mass is 10.1. The van der Waals surface area contributed by atoms with Crippen LogP contribution in [-0.2, 0) is 9.84 Å². The molecule has 0 radical (unpaired) electrons. The minimum Gasteiger partial charge on any atom is -0.345 e. The molecule has 0 spiro atoms. The molecule has 0 saturated heterocycles. The Hall–Kier alpha value is -1.96. The highest BCUT2D eigenvalue weighted by molar-refractivity contribution is 7.91. The SMILES string of the molecule is CCS(=O)(=O)C[C@H]1CC[C@@H](c2nnc3cnc4[nH]ccc4n23)C1. The van der Waals surface area contributed by atoms with Crippen LogP contribution in [0.25, 0.3) is 16.8 Å². The van der Waals surface area contributed by atoms with Gasteiger partial charge in [0.05, 0.1) is 17.5 Å². The molecule has 0 aliphatic heterocycles. The molecule has 0 aromatic carbocycles. The fraction of sp³-hybridized carbons (Fsp3) is 0.533. The number of sulfone groups is 1. The van der Waals surface area contributed by atoms with E-state index in [1.807, 2.05) is 16.7 Å². The van der Waals surface area contributed by atoms with Gasteiger partial charge in [-0.1, -0.05) is 6.92 Å². The Morgan fingerprint density at radius 3 is 3.04 bits per heavy atom. The molecule has 3 aromatic rings. The normalized spacial score (nSPS) is 22.3. The highest BCUT2D eigenvalue weighted by atomic mass is 32.2. The van der Waals surface area contributed by atoms with Crippen LogP contribution in [0.3, 0.4) is 0 Å². The van der Waals surface area contributed by atoms with Gasteiger partial charge in [-0.3, -0.25) is 4.40 Å². The molecule has 1 aliphatic rings. The van der Waals surface area contributed by atoms with Crippen molar-refractivity contribution in [3.05, 3.63) is 24.3 Å². The summed E-state index contributed by atoms with van der Waals surface area (Å²) < 4.78 is 25.8. The molecule has 0 bridgehead atoms. The van der Waals surface area contributed by atoms with E-state index in [9.17, 15) is 8.42 Å². The van der Waals surface area contributed by atoms with Crippen molar-refractivity contribution in [2.75, 3.05) is 11.5 Å². The summed E-state index contributed by atoms with van der Waals surface area (Å²) in [5.41, 5.74) is 2.51. The first kappa shape index (κ1) is 14.6. The van der Waals surface area contributed by atoms with E-state index >= 15 is 0 Å². The Bertz CT molecular complexity index is 959. The molecule has 8 heteroatoms. The molecular weight excluding hydrogens is 314 g/mol. The number of rotatable bonds is 4. The topological polar surface area (TPSA) is 93.0 Å². The fourth-order valence-electron chi connectivity index (χ4n) is 3.60. The van der Waals surface area contributed by atoms with E-state index in [1.165, 1.54) is 0 Å². The lowest BCUT2D eigenvalue weighted by Crippen LogP contribution is -2.16. The van der Waals surface area contributed by atoms with E-state index in [0.717, 1.165) is 41.9 Å². The maximum absolute atomic E-state index is 11.9. The summed E-state index contributed by atoms with van der Waals surface area (Å²) in [5, 5.41) is 8.59. The third-order valence-corrected chi connectivity index (χ3v) is 6.66. The van der Waals surface area contributed by atoms with E-state index in [2.05, 4.69) is 20.2 Å². The number of hydrogen-bond donors (Lipinski definition) is 1. The summed E-state index contributed by atoms with van der Waals surface area (Å²) in [6.07, 6.45) is 6.31. The zero-order valence-electron chi connectivity index (χ0n) is 12.9. The summed E-state index contributed by atoms with van der Waals surface area (Å²) in [7, 11) is -2.92. The predicted octanol–water partition coefficient (Wildman–Crippen LogP) is 1.92. The third-order valence-electron chi connectivity index (χ3n) is 4.80. The smallest absolute Gasteiger partial charge is 0.179 e. The zero-order chi connectivity index (χ0) is 16.0. The molecule has 3 aromatic heterocycles. The van der Waals surface area contributed by atoms with Gasteiger partial charge in [0.1, 0.15) is 15.7 Å². The Labute approximate surface area is 134 Å². The van der Waals surface area contributed by atoms with Gasteiger partial charge in [-0.2, -0.15) is 0 Å². The van der Waals surface area contributed by atoms with Crippen molar-refractivity contribution < 1.29 is 8.42 Å². The van der Waals surface area contributed by atoms with Gasteiger partial charge >= 0.3 is 0 Å². The zero-order valence-corrected chi connectivity index (χ0v) is 13.8. The second-order valence-electron chi connectivity index (χ2n) is 6.30. The molecular formula is C15H19N5O2S. The highest BCUT2D eigenvalue weighted by Crippen LogP contribution is 2.38. The quantitative estimate of drug-likeness (QED) is 0.787. The highest BCUT2D eigenvalue weighted by Gasteiger charge is 2.32. The van der Waals surface area contributed by atoms with Gasteiger partial charge in [-0.05, 0) is 31.2 Å². The van der Waals surface area contributed by atoms with E-state index in [0.29, 0.717) is 0 Å². The van der Waals surface area contributed by atoms with E-state index in [1.54, 1.807) is 13.1 Å². The van der Waals surface area contributed by atoms with Gasteiger partial charge in [0.25, 0.3) is 0 Å². The summed E-state index contributed by atoms with van der Waals surface area (Å²) in [4.78, 5) is 7.43. The van der Waals surface area contributed by atoms with E-state index in [4.69, 9.17) is 0 Å². The van der Waals surface area contributed by atoms with Crippen LogP contribution in [0.5, 0.6) is 0 Å². The minimum atomic E-state index is -2.92. The molecule has 1 saturated carbocycles. The lowest BCUT2D eigenvalue weighted by molar-refractivity contribution is 0.550. The lowest BCUT2D eigenvalue weighted by Gasteiger charge is -2.10. The van der Waals surface area contributed by atoms with Crippen molar-refractivity contribution >= 4 is 26.6 Å². The molecule has 1 fully saturated rings. The predicted molar refractivity (Wildman–Crippen MR) is 87.0 cm³/mol. The number of H-pyrrole nitrogens is 1. The van der Waals surface area contributed by atoms with Gasteiger partial charge in [-0.25, -0.2) is 13.4 Å². The summed E-state index contributed by atoms with van der Waals surface area (Å²) in [6, 6.07) is 1.97. The summed E-state index contributed by atoms with van der Waals surface area (Å²) in [5.74, 6) is 1.90. The van der Waals surface area contributed by atoms with Crippen LogP contribution in [0.4, 0.5) is 0 Å². The van der Waals surface area contributed by atoms with Crippen molar-refractivity contribution in [3.63, 3.8) is 0 Å². The average Bonchev–Trinajstić information content (AvgIpc) is 3.24. The second kappa shape index (κ2) is 5.30. The number of nitrogens with one attached hydrogen (secondary N) is 1. The van der Waals surface area contributed by atoms with Crippen LogP contribution >= 0.6 is 0 Å². The van der Waals surface area contributed by atoms with Crippen LogP contribution in [0.15, 0.2) is 18.5 Å². The maximum Gasteiger partial charge on any atom is 0.179 e. The van der Waals surface area contributed by atoms with Crippen LogP contribution in [0.1, 0.15) is 37.9 Å². The van der Waals surface area contributed by atoms with Crippen LogP contribution in [-0.4, -0.2) is 44.5 Å². The largest absolute Gasteiger partial charge is 0.345 e. The number of nitrogens with zero attached hydrogens (tertiary/aromatic N) is 4. The molecule has 4 rings (SSSR count). The molecule has 2 atom stereocenters. The first-order valence-electron chi connectivity index (χ1n) is 7.95. The average molecular weight is 333 g/mol. The number of aromatic amines is 1. The van der Waals surface area contributed by atoms with Crippen LogP contribution in [0.2, 0.25) is 0 Å². The Kier molecular flexibility index (Phi) is 3.37. The van der Waals surface area contributed by atoms with Gasteiger partial charge in [0.2, 0.25) is 0 Å². The monoisotopic (exact) mass is 333 g/mol. The molecule has 122 valence electrons. The van der Waals surface area contributed by atoms with Crippen molar-refractivity contribution in [1.29, 1.82) is 0 Å². The standard InChI is InChI=1S/C15H19N5O2S/c1-2-23(21,22)9-10-3-4-11(7-10)15-19-18-13-8-17-14-12(20(13)15)5-6-16-14/h5-6,8,10-11,16H,2-4,7,9H2,1H3/t10-,11+/m0/s1. The summed E-state index contributed by atoms with van der Waals surface area (Å²) >= 11 is 0. The maximum atomic E-state index is 11.9. The third kappa shape index (κ3) is 2.50. The minimum absolute atomic E-state index is 0.220. The Morgan fingerprint density at radius 1 is 1.35 bits per heavy atom. The number of hydrogen-bond acceptors (Lipinski definition) is 5. The van der Waals surface area contributed by atoms with Crippen molar-refractivity contribution in [2.24, 2.45) is 5.92 Å². The fourth-order valence-corrected chi connectivity index (χ4v) is 4.86. The Morgan fingerprint density at radius 2 is 2.22 bits per heavy atom. The van der Waals surface area contributed by atoms with Crippen LogP contribution in [0, 0.1) is 5.92 Å². The molecule has 3 heterocycles. The van der Waals surface area contributed by atoms with Gasteiger partial charge in [0.15, 0.2) is 11.3 Å². The van der Waals surface area contributed by atoms with Gasteiger partial charge in [-0.15, -0.1) is 10.2 Å². The van der Waals surface area contributed by atoms with Crippen molar-refractivity contribution in [1.82, 2.24) is 24.6 Å². The van der Waals surface area contributed by atoms with E-state index < -0.39 is 9.84 Å².